The Morgan fingerprint density at radius 1 is 0.927 bits per heavy atom. The minimum absolute atomic E-state index is 0.103. The topological polar surface area (TPSA) is 93.8 Å². The van der Waals surface area contributed by atoms with Crippen molar-refractivity contribution >= 4 is 38.6 Å². The van der Waals surface area contributed by atoms with Crippen LogP contribution in [0, 0.1) is 0 Å². The lowest BCUT2D eigenvalue weighted by molar-refractivity contribution is -0.110. The third kappa shape index (κ3) is 6.23. The number of nitrogens with zero attached hydrogens (tertiary/aromatic N) is 2. The number of benzene rings is 3. The van der Waals surface area contributed by atoms with E-state index in [2.05, 4.69) is 37.3 Å². The summed E-state index contributed by atoms with van der Waals surface area (Å²) in [5.41, 5.74) is 5.16. The van der Waals surface area contributed by atoms with Gasteiger partial charge in [0, 0.05) is 29.5 Å². The molecule has 3 aromatic carbocycles. The number of piperidine rings is 1. The highest BCUT2D eigenvalue weighted by atomic mass is 32.2. The Hall–Kier alpha value is -3.50. The molecular weight excluding hydrogens is 534 g/mol. The number of likely N-dealkylation sites (tertiary alicyclic amines) is 2. The molecule has 3 aliphatic heterocycles. The number of nitrogens with one attached hydrogen (secondary N) is 3. The molecule has 0 saturated carbocycles. The molecular formula is C32H37N5O3S. The van der Waals surface area contributed by atoms with E-state index in [1.165, 1.54) is 18.4 Å². The summed E-state index contributed by atoms with van der Waals surface area (Å²) in [4.78, 5) is 18.2. The lowest BCUT2D eigenvalue weighted by Crippen LogP contribution is -2.43. The molecule has 2 fully saturated rings. The van der Waals surface area contributed by atoms with Gasteiger partial charge in [0.2, 0.25) is 10.0 Å². The Balaban J connectivity index is 1.33. The van der Waals surface area contributed by atoms with E-state index in [-0.39, 0.29) is 16.8 Å². The first-order chi connectivity index (χ1) is 19.9. The minimum Gasteiger partial charge on any atom is -0.354 e. The standard InChI is InChI=1S/C32H37N5O3S/c1-36-19-15-26(16-20-36)35-41(39,40)27-13-14-29-28(21-27)30(32(38)34-29)31(24-7-3-2-4-8-24)33-25-11-9-23(10-12-25)22-37-17-5-6-18-37/h2-4,7-14,21,26,33,35H,5-6,15-20,22H2,1H3,(H,34,38)/b31-30-. The highest BCUT2D eigenvalue weighted by Crippen LogP contribution is 2.39. The summed E-state index contributed by atoms with van der Waals surface area (Å²) >= 11 is 0. The SMILES string of the molecule is CN1CCC(NS(=O)(=O)c2ccc3c(c2)/C(=C(/Nc2ccc(CN4CCCC4)cc2)c2ccccc2)C(=O)N3)CC1. The molecule has 2 saturated heterocycles. The summed E-state index contributed by atoms with van der Waals surface area (Å²) in [6.07, 6.45) is 4.05. The van der Waals surface area contributed by atoms with E-state index in [0.717, 1.165) is 56.8 Å². The number of carbonyl (C=O) groups excluding carboxylic acids is 1. The quantitative estimate of drug-likeness (QED) is 0.343. The molecule has 3 heterocycles. The van der Waals surface area contributed by atoms with Crippen molar-refractivity contribution < 1.29 is 13.2 Å². The maximum absolute atomic E-state index is 13.4. The van der Waals surface area contributed by atoms with Gasteiger partial charge in [-0.2, -0.15) is 0 Å². The van der Waals surface area contributed by atoms with Crippen LogP contribution in [0.4, 0.5) is 11.4 Å². The zero-order valence-corrected chi connectivity index (χ0v) is 24.2. The fourth-order valence-electron chi connectivity index (χ4n) is 5.90. The molecule has 0 bridgehead atoms. The van der Waals surface area contributed by atoms with Gasteiger partial charge in [0.05, 0.1) is 16.2 Å². The number of sulfonamides is 1. The second-order valence-electron chi connectivity index (χ2n) is 11.3. The first-order valence-corrected chi connectivity index (χ1v) is 15.9. The molecule has 9 heteroatoms. The number of anilines is 2. The summed E-state index contributed by atoms with van der Waals surface area (Å²) in [6.45, 7) is 4.93. The van der Waals surface area contributed by atoms with E-state index in [0.29, 0.717) is 22.5 Å². The Kier molecular flexibility index (Phi) is 7.94. The predicted molar refractivity (Wildman–Crippen MR) is 164 cm³/mol. The lowest BCUT2D eigenvalue weighted by atomic mass is 10.00. The van der Waals surface area contributed by atoms with Gasteiger partial charge in [-0.1, -0.05) is 42.5 Å². The van der Waals surface area contributed by atoms with Crippen LogP contribution in [0.15, 0.2) is 77.7 Å². The summed E-state index contributed by atoms with van der Waals surface area (Å²) in [5.74, 6) is -0.269. The third-order valence-corrected chi connectivity index (χ3v) is 9.75. The number of hydrogen-bond acceptors (Lipinski definition) is 6. The van der Waals surface area contributed by atoms with Gasteiger partial charge < -0.3 is 15.5 Å². The molecule has 3 aliphatic rings. The second kappa shape index (κ2) is 11.8. The highest BCUT2D eigenvalue weighted by Gasteiger charge is 2.31. The third-order valence-electron chi connectivity index (χ3n) is 8.23. The van der Waals surface area contributed by atoms with Crippen molar-refractivity contribution in [3.63, 3.8) is 0 Å². The zero-order chi connectivity index (χ0) is 28.4. The average molecular weight is 572 g/mol. The predicted octanol–water partition coefficient (Wildman–Crippen LogP) is 4.59. The van der Waals surface area contributed by atoms with E-state index in [9.17, 15) is 13.2 Å². The molecule has 3 aromatic rings. The van der Waals surface area contributed by atoms with Gasteiger partial charge in [-0.05, 0) is 100 Å². The Bertz CT molecular complexity index is 1540. The van der Waals surface area contributed by atoms with Crippen LogP contribution < -0.4 is 15.4 Å². The number of fused-ring (bicyclic) bond motifs is 1. The first-order valence-electron chi connectivity index (χ1n) is 14.4. The van der Waals surface area contributed by atoms with E-state index in [1.54, 1.807) is 18.2 Å². The fourth-order valence-corrected chi connectivity index (χ4v) is 7.23. The van der Waals surface area contributed by atoms with Crippen LogP contribution in [0.1, 0.15) is 42.4 Å². The van der Waals surface area contributed by atoms with Crippen LogP contribution in [-0.2, 0) is 21.4 Å². The van der Waals surface area contributed by atoms with Crippen LogP contribution in [0.25, 0.3) is 11.3 Å². The molecule has 214 valence electrons. The summed E-state index contributed by atoms with van der Waals surface area (Å²) in [6, 6.07) is 22.8. The summed E-state index contributed by atoms with van der Waals surface area (Å²) in [5, 5.41) is 6.43. The van der Waals surface area contributed by atoms with Gasteiger partial charge in [-0.3, -0.25) is 9.69 Å². The number of rotatable bonds is 8. The van der Waals surface area contributed by atoms with Crippen molar-refractivity contribution in [2.24, 2.45) is 0 Å². The maximum atomic E-state index is 13.4. The number of hydrogen-bond donors (Lipinski definition) is 3. The molecule has 8 nitrogen and oxygen atoms in total. The van der Waals surface area contributed by atoms with E-state index < -0.39 is 10.0 Å². The Labute approximate surface area is 242 Å². The molecule has 0 spiro atoms. The van der Waals surface area contributed by atoms with Gasteiger partial charge in [0.1, 0.15) is 0 Å². The smallest absolute Gasteiger partial charge is 0.258 e. The molecule has 41 heavy (non-hydrogen) atoms. The zero-order valence-electron chi connectivity index (χ0n) is 23.4. The number of carbonyl (C=O) groups is 1. The number of amides is 1. The largest absolute Gasteiger partial charge is 0.354 e. The van der Waals surface area contributed by atoms with Crippen LogP contribution >= 0.6 is 0 Å². The van der Waals surface area contributed by atoms with Crippen molar-refractivity contribution in [1.29, 1.82) is 0 Å². The van der Waals surface area contributed by atoms with Gasteiger partial charge in [0.15, 0.2) is 0 Å². The van der Waals surface area contributed by atoms with Crippen molar-refractivity contribution in [3.8, 4) is 0 Å². The van der Waals surface area contributed by atoms with Crippen LogP contribution in [0.2, 0.25) is 0 Å². The van der Waals surface area contributed by atoms with Crippen molar-refractivity contribution in [2.45, 2.75) is 43.2 Å². The molecule has 0 atom stereocenters. The van der Waals surface area contributed by atoms with Gasteiger partial charge in [0.25, 0.3) is 5.91 Å². The highest BCUT2D eigenvalue weighted by molar-refractivity contribution is 7.89. The molecule has 6 rings (SSSR count). The van der Waals surface area contributed by atoms with Crippen LogP contribution in [0.3, 0.4) is 0 Å². The second-order valence-corrected chi connectivity index (χ2v) is 13.0. The Morgan fingerprint density at radius 2 is 1.63 bits per heavy atom. The molecule has 3 N–H and O–H groups in total. The van der Waals surface area contributed by atoms with Crippen LogP contribution in [-0.4, -0.2) is 63.4 Å². The molecule has 0 aromatic heterocycles. The first kappa shape index (κ1) is 27.7. The fraction of sp³-hybridized carbons (Fsp3) is 0.344. The maximum Gasteiger partial charge on any atom is 0.258 e. The van der Waals surface area contributed by atoms with Crippen molar-refractivity contribution in [2.75, 3.05) is 43.9 Å². The molecule has 1 amide bonds. The van der Waals surface area contributed by atoms with Gasteiger partial charge in [-0.15, -0.1) is 0 Å². The van der Waals surface area contributed by atoms with Gasteiger partial charge >= 0.3 is 0 Å². The van der Waals surface area contributed by atoms with E-state index >= 15 is 0 Å². The van der Waals surface area contributed by atoms with Gasteiger partial charge in [-0.25, -0.2) is 13.1 Å². The molecule has 0 aliphatic carbocycles. The van der Waals surface area contributed by atoms with Crippen molar-refractivity contribution in [3.05, 3.63) is 89.5 Å². The van der Waals surface area contributed by atoms with Crippen LogP contribution in [0.5, 0.6) is 0 Å². The normalized spacial score (nSPS) is 19.7. The minimum atomic E-state index is -3.76. The summed E-state index contributed by atoms with van der Waals surface area (Å²) in [7, 11) is -1.71. The van der Waals surface area contributed by atoms with E-state index in [1.807, 2.05) is 49.5 Å². The van der Waals surface area contributed by atoms with E-state index in [4.69, 9.17) is 0 Å². The monoisotopic (exact) mass is 571 g/mol. The average Bonchev–Trinajstić information content (AvgIpc) is 3.60. The molecule has 0 radical (unpaired) electrons. The lowest BCUT2D eigenvalue weighted by Gasteiger charge is -2.29. The Morgan fingerprint density at radius 3 is 2.34 bits per heavy atom. The molecule has 0 unspecified atom stereocenters. The summed E-state index contributed by atoms with van der Waals surface area (Å²) < 4.78 is 29.7. The van der Waals surface area contributed by atoms with Crippen molar-refractivity contribution in [1.82, 2.24) is 14.5 Å².